The number of aryl methyl sites for hydroxylation is 1. The first-order valence-corrected chi connectivity index (χ1v) is 4.43. The Morgan fingerprint density at radius 1 is 1.46 bits per heavy atom. The summed E-state index contributed by atoms with van der Waals surface area (Å²) >= 11 is 0. The fourth-order valence-electron chi connectivity index (χ4n) is 1.05. The highest BCUT2D eigenvalue weighted by atomic mass is 16.3. The summed E-state index contributed by atoms with van der Waals surface area (Å²) in [6, 6.07) is 1.89. The SMILES string of the molecule is CCc1ccn(C(C)(CO)CO)n1. The average Bonchev–Trinajstić information content (AvgIpc) is 2.65. The summed E-state index contributed by atoms with van der Waals surface area (Å²) in [6.45, 7) is 3.55. The molecule has 4 nitrogen and oxygen atoms in total. The molecule has 0 amide bonds. The first-order chi connectivity index (χ1) is 6.16. The van der Waals surface area contributed by atoms with E-state index in [4.69, 9.17) is 10.2 Å². The van der Waals surface area contributed by atoms with Gasteiger partial charge in [0.25, 0.3) is 0 Å². The van der Waals surface area contributed by atoms with Crippen LogP contribution in [0.2, 0.25) is 0 Å². The lowest BCUT2D eigenvalue weighted by Crippen LogP contribution is -2.38. The van der Waals surface area contributed by atoms with E-state index in [9.17, 15) is 0 Å². The van der Waals surface area contributed by atoms with Crippen molar-refractivity contribution < 1.29 is 10.2 Å². The summed E-state index contributed by atoms with van der Waals surface area (Å²) in [4.78, 5) is 0. The maximum absolute atomic E-state index is 9.10. The molecule has 0 unspecified atom stereocenters. The van der Waals surface area contributed by atoms with Gasteiger partial charge in [-0.15, -0.1) is 0 Å². The van der Waals surface area contributed by atoms with E-state index in [2.05, 4.69) is 5.10 Å². The maximum atomic E-state index is 9.10. The molecule has 4 heteroatoms. The van der Waals surface area contributed by atoms with Gasteiger partial charge in [0, 0.05) is 6.20 Å². The lowest BCUT2D eigenvalue weighted by Gasteiger charge is -2.25. The Hall–Kier alpha value is -0.870. The highest BCUT2D eigenvalue weighted by Crippen LogP contribution is 2.13. The standard InChI is InChI=1S/C9H16N2O2/c1-3-8-4-5-11(10-8)9(2,6-12)7-13/h4-5,12-13H,3,6-7H2,1-2H3. The molecule has 0 aromatic carbocycles. The van der Waals surface area contributed by atoms with E-state index in [0.29, 0.717) is 0 Å². The van der Waals surface area contributed by atoms with Crippen LogP contribution in [0.5, 0.6) is 0 Å². The fourth-order valence-corrected chi connectivity index (χ4v) is 1.05. The van der Waals surface area contributed by atoms with Gasteiger partial charge in [-0.3, -0.25) is 4.68 Å². The molecule has 0 bridgehead atoms. The Labute approximate surface area is 77.8 Å². The van der Waals surface area contributed by atoms with Gasteiger partial charge in [0.05, 0.1) is 18.9 Å². The Kier molecular flexibility index (Phi) is 3.06. The van der Waals surface area contributed by atoms with Gasteiger partial charge in [0.1, 0.15) is 5.54 Å². The van der Waals surface area contributed by atoms with Gasteiger partial charge in [-0.25, -0.2) is 0 Å². The molecule has 1 rings (SSSR count). The van der Waals surface area contributed by atoms with Crippen molar-refractivity contribution in [3.8, 4) is 0 Å². The smallest absolute Gasteiger partial charge is 0.106 e. The average molecular weight is 184 g/mol. The van der Waals surface area contributed by atoms with Gasteiger partial charge in [-0.1, -0.05) is 6.92 Å². The highest BCUT2D eigenvalue weighted by Gasteiger charge is 2.25. The van der Waals surface area contributed by atoms with Crippen LogP contribution < -0.4 is 0 Å². The van der Waals surface area contributed by atoms with E-state index in [1.807, 2.05) is 13.0 Å². The van der Waals surface area contributed by atoms with Crippen molar-refractivity contribution in [2.24, 2.45) is 0 Å². The third-order valence-electron chi connectivity index (χ3n) is 2.24. The minimum Gasteiger partial charge on any atom is -0.394 e. The third-order valence-corrected chi connectivity index (χ3v) is 2.24. The summed E-state index contributed by atoms with van der Waals surface area (Å²) in [5.41, 5.74) is 0.279. The molecule has 0 aliphatic heterocycles. The van der Waals surface area contributed by atoms with Crippen LogP contribution in [-0.2, 0) is 12.0 Å². The lowest BCUT2D eigenvalue weighted by atomic mass is 10.1. The Bertz CT molecular complexity index is 266. The summed E-state index contributed by atoms with van der Waals surface area (Å²) in [6.07, 6.45) is 2.64. The molecule has 0 aliphatic rings. The number of nitrogens with zero attached hydrogens (tertiary/aromatic N) is 2. The molecule has 2 N–H and O–H groups in total. The topological polar surface area (TPSA) is 58.3 Å². The van der Waals surface area contributed by atoms with Crippen LogP contribution in [0, 0.1) is 0 Å². The number of rotatable bonds is 4. The summed E-state index contributed by atoms with van der Waals surface area (Å²) in [5.74, 6) is 0. The Morgan fingerprint density at radius 3 is 2.46 bits per heavy atom. The molecule has 0 radical (unpaired) electrons. The zero-order valence-electron chi connectivity index (χ0n) is 8.06. The van der Waals surface area contributed by atoms with Gasteiger partial charge >= 0.3 is 0 Å². The van der Waals surface area contributed by atoms with E-state index in [1.165, 1.54) is 0 Å². The quantitative estimate of drug-likeness (QED) is 0.700. The molecule has 0 atom stereocenters. The number of hydrogen-bond acceptors (Lipinski definition) is 3. The number of hydrogen-bond donors (Lipinski definition) is 2. The van der Waals surface area contributed by atoms with E-state index < -0.39 is 5.54 Å². The minimum absolute atomic E-state index is 0.117. The second-order valence-electron chi connectivity index (χ2n) is 3.42. The van der Waals surface area contributed by atoms with Gasteiger partial charge < -0.3 is 10.2 Å². The van der Waals surface area contributed by atoms with Crippen molar-refractivity contribution in [3.05, 3.63) is 18.0 Å². The van der Waals surface area contributed by atoms with Gasteiger partial charge in [0.15, 0.2) is 0 Å². The molecule has 1 aromatic heterocycles. The zero-order chi connectivity index (χ0) is 9.90. The predicted octanol–water partition coefficient (Wildman–Crippen LogP) is 0.145. The number of aromatic nitrogens is 2. The lowest BCUT2D eigenvalue weighted by molar-refractivity contribution is 0.0678. The zero-order valence-corrected chi connectivity index (χ0v) is 8.06. The maximum Gasteiger partial charge on any atom is 0.106 e. The van der Waals surface area contributed by atoms with Gasteiger partial charge in [0.2, 0.25) is 0 Å². The molecule has 0 aliphatic carbocycles. The van der Waals surface area contributed by atoms with E-state index in [0.717, 1.165) is 12.1 Å². The molecule has 0 saturated heterocycles. The van der Waals surface area contributed by atoms with Crippen molar-refractivity contribution in [1.29, 1.82) is 0 Å². The van der Waals surface area contributed by atoms with Crippen molar-refractivity contribution >= 4 is 0 Å². The summed E-state index contributed by atoms with van der Waals surface area (Å²) in [7, 11) is 0. The summed E-state index contributed by atoms with van der Waals surface area (Å²) in [5, 5.41) is 22.4. The van der Waals surface area contributed by atoms with Gasteiger partial charge in [-0.2, -0.15) is 5.10 Å². The highest BCUT2D eigenvalue weighted by molar-refractivity contribution is 5.00. The van der Waals surface area contributed by atoms with Gasteiger partial charge in [-0.05, 0) is 19.4 Å². The van der Waals surface area contributed by atoms with E-state index in [1.54, 1.807) is 17.8 Å². The monoisotopic (exact) mass is 184 g/mol. The van der Waals surface area contributed by atoms with Crippen molar-refractivity contribution in [2.45, 2.75) is 25.8 Å². The first-order valence-electron chi connectivity index (χ1n) is 4.43. The molecule has 0 spiro atoms. The fraction of sp³-hybridized carbons (Fsp3) is 0.667. The van der Waals surface area contributed by atoms with Crippen molar-refractivity contribution in [1.82, 2.24) is 9.78 Å². The van der Waals surface area contributed by atoms with Crippen molar-refractivity contribution in [3.63, 3.8) is 0 Å². The van der Waals surface area contributed by atoms with Crippen LogP contribution in [0.25, 0.3) is 0 Å². The van der Waals surface area contributed by atoms with Crippen LogP contribution in [0.3, 0.4) is 0 Å². The van der Waals surface area contributed by atoms with Crippen LogP contribution in [0.4, 0.5) is 0 Å². The first kappa shape index (κ1) is 10.2. The van der Waals surface area contributed by atoms with E-state index >= 15 is 0 Å². The second-order valence-corrected chi connectivity index (χ2v) is 3.42. The molecule has 1 heterocycles. The van der Waals surface area contributed by atoms with Crippen LogP contribution in [0.15, 0.2) is 12.3 Å². The third kappa shape index (κ3) is 1.89. The molecule has 1 aromatic rings. The molecular weight excluding hydrogens is 168 g/mol. The molecule has 0 fully saturated rings. The molecule has 0 saturated carbocycles. The molecule has 74 valence electrons. The normalized spacial score (nSPS) is 12.0. The predicted molar refractivity (Wildman–Crippen MR) is 49.4 cm³/mol. The summed E-state index contributed by atoms with van der Waals surface area (Å²) < 4.78 is 1.62. The Balaban J connectivity index is 2.91. The van der Waals surface area contributed by atoms with Crippen LogP contribution in [-0.4, -0.2) is 33.2 Å². The van der Waals surface area contributed by atoms with Crippen molar-refractivity contribution in [2.75, 3.05) is 13.2 Å². The number of aliphatic hydroxyl groups is 2. The largest absolute Gasteiger partial charge is 0.394 e. The molecule has 13 heavy (non-hydrogen) atoms. The Morgan fingerprint density at radius 2 is 2.08 bits per heavy atom. The van der Waals surface area contributed by atoms with E-state index in [-0.39, 0.29) is 13.2 Å². The minimum atomic E-state index is -0.687. The van der Waals surface area contributed by atoms with Crippen LogP contribution >= 0.6 is 0 Å². The molecular formula is C9H16N2O2. The second kappa shape index (κ2) is 3.89. The number of aliphatic hydroxyl groups excluding tert-OH is 2. The van der Waals surface area contributed by atoms with Crippen LogP contribution in [0.1, 0.15) is 19.5 Å².